The molecule has 2 aliphatic carbocycles. The third kappa shape index (κ3) is 17.9. The van der Waals surface area contributed by atoms with Gasteiger partial charge in [0.1, 0.15) is 34.4 Å². The van der Waals surface area contributed by atoms with Crippen molar-refractivity contribution < 1.29 is 63.0 Å². The molecule has 0 radical (unpaired) electrons. The van der Waals surface area contributed by atoms with Crippen molar-refractivity contribution in [3.63, 3.8) is 0 Å². The van der Waals surface area contributed by atoms with Crippen molar-refractivity contribution >= 4 is 89.6 Å². The largest absolute Gasteiger partial charge is 0.489 e. The number of hydrogen-bond acceptors (Lipinski definition) is 13. The number of likely N-dealkylation sites (tertiary alicyclic amines) is 2. The second-order valence-corrected chi connectivity index (χ2v) is 19.0. The molecule has 13 atom stereocenters. The lowest BCUT2D eigenvalue weighted by molar-refractivity contribution is -0.147. The van der Waals surface area contributed by atoms with Crippen molar-refractivity contribution in [2.24, 2.45) is 17.6 Å². The Kier molecular flexibility index (Phi) is 25.4. The summed E-state index contributed by atoms with van der Waals surface area (Å²) in [4.78, 5) is 72.7. The van der Waals surface area contributed by atoms with Crippen LogP contribution in [0.2, 0.25) is 0 Å². The molecule has 0 aromatic heterocycles. The van der Waals surface area contributed by atoms with Crippen LogP contribution in [-0.2, 0) is 38.1 Å². The number of hydrogen-bond donors (Lipinski definition) is 5. The summed E-state index contributed by atoms with van der Waals surface area (Å²) >= 11 is 0. The summed E-state index contributed by atoms with van der Waals surface area (Å²) in [6.07, 6.45) is 1.49. The number of aliphatic hydroxyl groups excluding tert-OH is 2. The van der Waals surface area contributed by atoms with E-state index in [-0.39, 0.29) is 53.6 Å². The Balaban J connectivity index is 0. The molecule has 0 aromatic rings. The van der Waals surface area contributed by atoms with E-state index in [9.17, 15) is 39.0 Å². The van der Waals surface area contributed by atoms with Gasteiger partial charge in [-0.05, 0) is 54.4 Å². The van der Waals surface area contributed by atoms with E-state index >= 15 is 0 Å². The van der Waals surface area contributed by atoms with Crippen molar-refractivity contribution in [3.8, 4) is 0 Å². The summed E-state index contributed by atoms with van der Waals surface area (Å²) in [6.45, 7) is 17.5. The molecule has 2 saturated heterocycles. The van der Waals surface area contributed by atoms with E-state index in [1.54, 1.807) is 53.7 Å². The zero-order valence-corrected chi connectivity index (χ0v) is 41.1. The maximum Gasteiger partial charge on any atom is 0.411 e. The van der Waals surface area contributed by atoms with Gasteiger partial charge in [-0.15, -0.1) is 31.0 Å². The normalized spacial score (nSPS) is 27.8. The Morgan fingerprint density at radius 1 is 0.789 bits per heavy atom. The average Bonchev–Trinajstić information content (AvgIpc) is 3.87. The predicted molar refractivity (Wildman–Crippen MR) is 238 cm³/mol. The van der Waals surface area contributed by atoms with Crippen LogP contribution in [0.15, 0.2) is 25.3 Å². The number of amides is 3. The van der Waals surface area contributed by atoms with Crippen molar-refractivity contribution in [1.82, 2.24) is 15.1 Å². The molecule has 0 bridgehead atoms. The van der Waals surface area contributed by atoms with Crippen molar-refractivity contribution in [2.45, 2.75) is 114 Å². The Labute approximate surface area is 350 Å². The number of carbonyl (C=O) groups excluding carboxylic acids is 5. The highest BCUT2D eigenvalue weighted by atomic mass is 32.4. The highest BCUT2D eigenvalue weighted by Crippen LogP contribution is 2.45. The molecule has 330 valence electrons. The molecular formula is C34H65N4O13P6-. The monoisotopic (exact) mass is 923 g/mol. The van der Waals surface area contributed by atoms with Gasteiger partial charge < -0.3 is 53.3 Å². The van der Waals surface area contributed by atoms with Gasteiger partial charge in [-0.25, -0.2) is 19.2 Å². The number of nitrogens with two attached hydrogens (primary N) is 1. The average molecular weight is 924 g/mol. The number of nitrogens with one attached hydrogen (secondary N) is 1. The van der Waals surface area contributed by atoms with Crippen LogP contribution in [0.3, 0.4) is 0 Å². The maximum absolute atomic E-state index is 12.7. The molecule has 2 heterocycles. The number of aliphatic carboxylic acids is 1. The van der Waals surface area contributed by atoms with Crippen LogP contribution in [0.25, 0.3) is 0 Å². The molecule has 2 saturated carbocycles. The van der Waals surface area contributed by atoms with Crippen LogP contribution < -0.4 is 11.1 Å². The van der Waals surface area contributed by atoms with Crippen molar-refractivity contribution in [2.75, 3.05) is 27.3 Å². The minimum absolute atomic E-state index is 0. The molecule has 57 heavy (non-hydrogen) atoms. The second-order valence-electron chi connectivity index (χ2n) is 15.1. The number of nitrogens with zero attached hydrogens (tertiary/aromatic N) is 2. The smallest absolute Gasteiger partial charge is 0.411 e. The van der Waals surface area contributed by atoms with Crippen molar-refractivity contribution in [3.05, 3.63) is 25.3 Å². The topological polar surface area (TPSA) is 245 Å². The van der Waals surface area contributed by atoms with Gasteiger partial charge in [-0.3, -0.25) is 37.2 Å². The first-order valence-corrected chi connectivity index (χ1v) is 24.1. The number of methoxy groups -OCH3 is 2. The fourth-order valence-electron chi connectivity index (χ4n) is 5.67. The molecule has 2 aliphatic heterocycles. The van der Waals surface area contributed by atoms with Gasteiger partial charge in [0.15, 0.2) is 0 Å². The fourth-order valence-corrected chi connectivity index (χ4v) is 5.67. The Morgan fingerprint density at radius 3 is 1.49 bits per heavy atom. The predicted octanol–water partition coefficient (Wildman–Crippen LogP) is 3.32. The molecule has 4 aliphatic rings. The number of carbonyl (C=O) groups is 6. The molecule has 3 amide bonds. The lowest BCUT2D eigenvalue weighted by atomic mass is 10.1. The molecule has 6 N–H and O–H groups in total. The van der Waals surface area contributed by atoms with Crippen molar-refractivity contribution in [1.29, 1.82) is 0 Å². The van der Waals surface area contributed by atoms with Gasteiger partial charge in [0.25, 0.3) is 0 Å². The molecule has 0 aromatic carbocycles. The first-order chi connectivity index (χ1) is 25.8. The summed E-state index contributed by atoms with van der Waals surface area (Å²) in [6, 6.07) is -1.90. The summed E-state index contributed by atoms with van der Waals surface area (Å²) in [5.41, 5.74) is 2.33. The van der Waals surface area contributed by atoms with E-state index < -0.39 is 76.6 Å². The number of rotatable bonds is 7. The Morgan fingerprint density at radius 2 is 1.18 bits per heavy atom. The van der Waals surface area contributed by atoms with Gasteiger partial charge in [-0.2, -0.15) is 9.90 Å². The van der Waals surface area contributed by atoms with E-state index in [1.807, 2.05) is 0 Å². The molecule has 17 nitrogen and oxygen atoms in total. The van der Waals surface area contributed by atoms with Crippen LogP contribution in [0, 0.1) is 11.8 Å². The first-order valence-electron chi connectivity index (χ1n) is 17.4. The van der Waals surface area contributed by atoms with Crippen LogP contribution in [0.1, 0.15) is 67.2 Å². The van der Waals surface area contributed by atoms with E-state index in [2.05, 4.69) is 58.9 Å². The number of ether oxygens (including phenoxy) is 4. The number of carboxylic acid groups (broad SMARTS) is 1. The minimum atomic E-state index is -1.14. The van der Waals surface area contributed by atoms with E-state index in [4.69, 9.17) is 25.1 Å². The zero-order chi connectivity index (χ0) is 44.0. The van der Waals surface area contributed by atoms with Gasteiger partial charge >= 0.3 is 30.1 Å². The Bertz CT molecular complexity index is 1400. The number of β-amino-alcohol motifs (C(OH)–C–C–N with tert-alkyl or cyclic N) is 2. The summed E-state index contributed by atoms with van der Waals surface area (Å²) in [5, 5.41) is 30.8. The third-order valence-electron chi connectivity index (χ3n) is 8.51. The Hall–Kier alpha value is -1.64. The van der Waals surface area contributed by atoms with Gasteiger partial charge in [0, 0.05) is 24.7 Å². The summed E-state index contributed by atoms with van der Waals surface area (Å²) in [5.74, 6) is -2.63. The van der Waals surface area contributed by atoms with Crippen LogP contribution in [0.5, 0.6) is 0 Å². The molecule has 0 spiro atoms. The second kappa shape index (κ2) is 25.2. The summed E-state index contributed by atoms with van der Waals surface area (Å²) in [7, 11) is 13.5. The molecule has 5 unspecified atom stereocenters. The fraction of sp³-hybridized carbons (Fsp3) is 0.706. The molecule has 4 fully saturated rings. The van der Waals surface area contributed by atoms with Crippen LogP contribution >= 0.6 is 53.6 Å². The number of esters is 2. The highest BCUT2D eigenvalue weighted by Gasteiger charge is 2.62. The first kappa shape index (κ1) is 57.5. The van der Waals surface area contributed by atoms with Gasteiger partial charge in [-0.1, -0.05) is 12.2 Å². The number of aliphatic hydroxyl groups is 2. The van der Waals surface area contributed by atoms with E-state index in [1.165, 1.54) is 27.1 Å². The van der Waals surface area contributed by atoms with Crippen LogP contribution in [-0.4, -0.2) is 135 Å². The molecular weight excluding hydrogens is 858 g/mol. The summed E-state index contributed by atoms with van der Waals surface area (Å²) < 4.78 is 19.6. The lowest BCUT2D eigenvalue weighted by Gasteiger charge is -2.28. The zero-order valence-electron chi connectivity index (χ0n) is 34.1. The third-order valence-corrected chi connectivity index (χ3v) is 8.51. The van der Waals surface area contributed by atoms with Gasteiger partial charge in [0.2, 0.25) is 5.91 Å². The quantitative estimate of drug-likeness (QED) is 0.107. The number of carboxylic acids is 1. The van der Waals surface area contributed by atoms with Crippen LogP contribution in [0.4, 0.5) is 9.59 Å². The standard InChI is InChI=1S/C17H26N2O6.C10H17NO5.C7H11NO2.H4P3.H4P2.H3P/c1-6-10-8-17(10,14(22)24-5)18-13(21)12-7-11(20)9-19(12)15(23)25-16(2,3)4;1-10(2,3)16-9(15)11-5-6(12)4-7(11)8(13)14;1-3-5-4-7(5,8)6(9)10-2;1-3-2;1-2;/h6,10-12,20H,1,7-9H2,2-5H3,(H,18,21);6-7,12H,4-5H2,1-3H3,(H,13,14);3,5H,1,4,8H2,2H3;1-2H2;1-2H2;1H3/q;;;-1;;/t10-,11+,12+,17-;6-,7-;5-,7-;;;/m101.../s1. The van der Waals surface area contributed by atoms with E-state index in [0.29, 0.717) is 12.8 Å². The van der Waals surface area contributed by atoms with Gasteiger partial charge in [0.05, 0.1) is 39.5 Å². The van der Waals surface area contributed by atoms with E-state index in [0.717, 1.165) is 4.90 Å². The maximum atomic E-state index is 12.7. The molecule has 4 rings (SSSR count). The highest BCUT2D eigenvalue weighted by molar-refractivity contribution is 8.33. The SMILES string of the molecule is C=C[C@@H]1C[C@]1(N)C(=O)OC.C=C[C@@H]1C[C@]1(NC(=O)[C@@H]1C[C@H](O)CN1C(=O)OC(C)(C)C)C(=O)OC.CC(C)(C)OC(=O)N1C[C@@H](O)C[C@H]1C(=O)O.P.PP.P[P-]P. The lowest BCUT2D eigenvalue weighted by Crippen LogP contribution is -2.53. The molecule has 23 heteroatoms. The minimum Gasteiger partial charge on any atom is -0.489 e.